The molecule has 1 amide bonds. The Kier molecular flexibility index (Phi) is 3.51. The molecule has 0 atom stereocenters. The molecule has 2 heterocycles. The third-order valence-electron chi connectivity index (χ3n) is 3.78. The number of aromatic nitrogens is 3. The first-order valence-electron chi connectivity index (χ1n) is 7.56. The summed E-state index contributed by atoms with van der Waals surface area (Å²) in [5.74, 6) is 0.545. The lowest BCUT2D eigenvalue weighted by Crippen LogP contribution is -2.12. The van der Waals surface area contributed by atoms with Gasteiger partial charge in [-0.05, 0) is 35.0 Å². The zero-order valence-electron chi connectivity index (χ0n) is 12.8. The highest BCUT2D eigenvalue weighted by Gasteiger charge is 2.10. The summed E-state index contributed by atoms with van der Waals surface area (Å²) in [4.78, 5) is 16.9. The van der Waals surface area contributed by atoms with Gasteiger partial charge in [-0.25, -0.2) is 9.67 Å². The Labute approximate surface area is 138 Å². The van der Waals surface area contributed by atoms with E-state index in [9.17, 15) is 4.79 Å². The van der Waals surface area contributed by atoms with Crippen LogP contribution < -0.4 is 5.32 Å². The average Bonchev–Trinajstić information content (AvgIpc) is 3.16. The number of amides is 1. The molecular weight excluding hydrogens is 300 g/mol. The van der Waals surface area contributed by atoms with Crippen molar-refractivity contribution in [2.45, 2.75) is 0 Å². The quantitative estimate of drug-likeness (QED) is 0.627. The molecule has 0 saturated carbocycles. The van der Waals surface area contributed by atoms with Gasteiger partial charge in [-0.3, -0.25) is 4.79 Å². The number of nitrogens with one attached hydrogen (secondary N) is 1. The summed E-state index contributed by atoms with van der Waals surface area (Å²) in [5, 5.41) is 8.99. The van der Waals surface area contributed by atoms with E-state index in [2.05, 4.69) is 15.4 Å². The Balaban J connectivity index is 1.59. The highest BCUT2D eigenvalue weighted by molar-refractivity contribution is 6.12. The largest absolute Gasteiger partial charge is 0.321 e. The van der Waals surface area contributed by atoms with Crippen LogP contribution in [-0.4, -0.2) is 20.7 Å². The Morgan fingerprint density at radius 1 is 0.958 bits per heavy atom. The number of hydrogen-bond donors (Lipinski definition) is 1. The van der Waals surface area contributed by atoms with Crippen molar-refractivity contribution in [3.05, 3.63) is 84.8 Å². The molecule has 5 nitrogen and oxygen atoms in total. The van der Waals surface area contributed by atoms with Gasteiger partial charge in [0.1, 0.15) is 0 Å². The van der Waals surface area contributed by atoms with E-state index in [1.807, 2.05) is 66.9 Å². The van der Waals surface area contributed by atoms with Crippen LogP contribution in [0.2, 0.25) is 0 Å². The molecule has 5 heteroatoms. The minimum atomic E-state index is -0.152. The first kappa shape index (κ1) is 14.1. The third kappa shape index (κ3) is 2.63. The molecular formula is C19H14N4O. The summed E-state index contributed by atoms with van der Waals surface area (Å²) in [5.41, 5.74) is 1.29. The normalized spacial score (nSPS) is 10.7. The predicted molar refractivity (Wildman–Crippen MR) is 93.3 cm³/mol. The Bertz CT molecular complexity index is 986. The summed E-state index contributed by atoms with van der Waals surface area (Å²) in [6.07, 6.45) is 5.13. The molecule has 24 heavy (non-hydrogen) atoms. The van der Waals surface area contributed by atoms with Gasteiger partial charge in [-0.1, -0.05) is 36.4 Å². The SMILES string of the molecule is O=C(Nc1ccc(-n2cccn2)nc1)c1cccc2ccccc12. The second-order valence-corrected chi connectivity index (χ2v) is 5.34. The maximum atomic E-state index is 12.6. The van der Waals surface area contributed by atoms with Gasteiger partial charge in [0, 0.05) is 18.0 Å². The van der Waals surface area contributed by atoms with E-state index in [4.69, 9.17) is 0 Å². The summed E-state index contributed by atoms with van der Waals surface area (Å²) in [7, 11) is 0. The molecule has 0 fully saturated rings. The lowest BCUT2D eigenvalue weighted by molar-refractivity contribution is 0.102. The number of anilines is 1. The zero-order valence-corrected chi connectivity index (χ0v) is 12.8. The Hall–Kier alpha value is -3.47. The van der Waals surface area contributed by atoms with Crippen molar-refractivity contribution >= 4 is 22.4 Å². The van der Waals surface area contributed by atoms with E-state index >= 15 is 0 Å². The molecule has 0 bridgehead atoms. The van der Waals surface area contributed by atoms with Gasteiger partial charge in [-0.15, -0.1) is 0 Å². The van der Waals surface area contributed by atoms with Crippen LogP contribution in [0.25, 0.3) is 16.6 Å². The molecule has 0 aliphatic carbocycles. The number of fused-ring (bicyclic) bond motifs is 1. The van der Waals surface area contributed by atoms with E-state index in [1.54, 1.807) is 17.1 Å². The number of carbonyl (C=O) groups is 1. The topological polar surface area (TPSA) is 59.8 Å². The van der Waals surface area contributed by atoms with E-state index in [0.29, 0.717) is 17.1 Å². The van der Waals surface area contributed by atoms with E-state index in [1.165, 1.54) is 0 Å². The van der Waals surface area contributed by atoms with Crippen molar-refractivity contribution in [1.82, 2.24) is 14.8 Å². The van der Waals surface area contributed by atoms with Gasteiger partial charge >= 0.3 is 0 Å². The standard InChI is InChI=1S/C19H14N4O/c24-19(17-8-3-6-14-5-1-2-7-16(14)17)22-15-9-10-18(20-13-15)23-12-4-11-21-23/h1-13H,(H,22,24). The molecule has 0 aliphatic rings. The fraction of sp³-hybridized carbons (Fsp3) is 0. The summed E-state index contributed by atoms with van der Waals surface area (Å²) in [6, 6.07) is 19.0. The maximum Gasteiger partial charge on any atom is 0.256 e. The zero-order chi connectivity index (χ0) is 16.4. The van der Waals surface area contributed by atoms with Crippen LogP contribution in [0.4, 0.5) is 5.69 Å². The monoisotopic (exact) mass is 314 g/mol. The van der Waals surface area contributed by atoms with Gasteiger partial charge in [0.2, 0.25) is 0 Å². The van der Waals surface area contributed by atoms with Crippen LogP contribution >= 0.6 is 0 Å². The van der Waals surface area contributed by atoms with Crippen LogP contribution in [0.5, 0.6) is 0 Å². The van der Waals surface area contributed by atoms with Gasteiger partial charge < -0.3 is 5.32 Å². The minimum Gasteiger partial charge on any atom is -0.321 e. The number of rotatable bonds is 3. The van der Waals surface area contributed by atoms with Crippen molar-refractivity contribution < 1.29 is 4.79 Å². The third-order valence-corrected chi connectivity index (χ3v) is 3.78. The van der Waals surface area contributed by atoms with Crippen molar-refractivity contribution in [1.29, 1.82) is 0 Å². The molecule has 2 aromatic carbocycles. The highest BCUT2D eigenvalue weighted by atomic mass is 16.1. The molecule has 0 aliphatic heterocycles. The van der Waals surface area contributed by atoms with Crippen LogP contribution in [0, 0.1) is 0 Å². The number of hydrogen-bond acceptors (Lipinski definition) is 3. The van der Waals surface area contributed by atoms with E-state index in [-0.39, 0.29) is 5.91 Å². The molecule has 2 aromatic heterocycles. The lowest BCUT2D eigenvalue weighted by atomic mass is 10.0. The summed E-state index contributed by atoms with van der Waals surface area (Å²) in [6.45, 7) is 0. The van der Waals surface area contributed by atoms with Crippen molar-refractivity contribution in [3.8, 4) is 5.82 Å². The molecule has 0 radical (unpaired) electrons. The van der Waals surface area contributed by atoms with Crippen molar-refractivity contribution in [2.75, 3.05) is 5.32 Å². The van der Waals surface area contributed by atoms with E-state index < -0.39 is 0 Å². The predicted octanol–water partition coefficient (Wildman–Crippen LogP) is 3.67. The number of carbonyl (C=O) groups excluding carboxylic acids is 1. The van der Waals surface area contributed by atoms with Crippen LogP contribution in [-0.2, 0) is 0 Å². The summed E-state index contributed by atoms with van der Waals surface area (Å²) < 4.78 is 1.66. The van der Waals surface area contributed by atoms with E-state index in [0.717, 1.165) is 10.8 Å². The Morgan fingerprint density at radius 3 is 2.62 bits per heavy atom. The molecule has 4 aromatic rings. The maximum absolute atomic E-state index is 12.6. The molecule has 0 saturated heterocycles. The molecule has 0 spiro atoms. The van der Waals surface area contributed by atoms with Crippen LogP contribution in [0.1, 0.15) is 10.4 Å². The minimum absolute atomic E-state index is 0.152. The first-order chi connectivity index (χ1) is 11.8. The van der Waals surface area contributed by atoms with Crippen molar-refractivity contribution in [3.63, 3.8) is 0 Å². The van der Waals surface area contributed by atoms with Gasteiger partial charge in [0.15, 0.2) is 5.82 Å². The van der Waals surface area contributed by atoms with Crippen molar-refractivity contribution in [2.24, 2.45) is 0 Å². The van der Waals surface area contributed by atoms with Crippen LogP contribution in [0.3, 0.4) is 0 Å². The molecule has 116 valence electrons. The number of nitrogens with zero attached hydrogens (tertiary/aromatic N) is 3. The molecule has 4 rings (SSSR count). The Morgan fingerprint density at radius 2 is 1.83 bits per heavy atom. The first-order valence-corrected chi connectivity index (χ1v) is 7.56. The smallest absolute Gasteiger partial charge is 0.256 e. The summed E-state index contributed by atoms with van der Waals surface area (Å²) >= 11 is 0. The number of benzene rings is 2. The molecule has 0 unspecified atom stereocenters. The highest BCUT2D eigenvalue weighted by Crippen LogP contribution is 2.20. The fourth-order valence-electron chi connectivity index (χ4n) is 2.62. The van der Waals surface area contributed by atoms with Crippen LogP contribution in [0.15, 0.2) is 79.3 Å². The van der Waals surface area contributed by atoms with Gasteiger partial charge in [-0.2, -0.15) is 5.10 Å². The second-order valence-electron chi connectivity index (χ2n) is 5.34. The van der Waals surface area contributed by atoms with Gasteiger partial charge in [0.05, 0.1) is 11.9 Å². The lowest BCUT2D eigenvalue weighted by Gasteiger charge is -2.08. The van der Waals surface area contributed by atoms with Gasteiger partial charge in [0.25, 0.3) is 5.91 Å². The second kappa shape index (κ2) is 5.96. The number of pyridine rings is 1. The molecule has 1 N–H and O–H groups in total. The average molecular weight is 314 g/mol. The fourth-order valence-corrected chi connectivity index (χ4v) is 2.62.